The number of amides is 1. The van der Waals surface area contributed by atoms with Crippen LogP contribution in [-0.4, -0.2) is 24.7 Å². The maximum atomic E-state index is 12.5. The number of hydrogen-bond donors (Lipinski definition) is 2. The van der Waals surface area contributed by atoms with Gasteiger partial charge < -0.3 is 20.2 Å². The van der Waals surface area contributed by atoms with E-state index < -0.39 is 5.54 Å². The minimum Gasteiger partial charge on any atom is -0.466 e. The quantitative estimate of drug-likeness (QED) is 0.872. The number of aryl methyl sites for hydroxylation is 1. The van der Waals surface area contributed by atoms with Crippen molar-refractivity contribution >= 4 is 5.91 Å². The predicted molar refractivity (Wildman–Crippen MR) is 78.8 cm³/mol. The summed E-state index contributed by atoms with van der Waals surface area (Å²) in [6, 6.07) is 2.00. The molecule has 2 aliphatic rings. The van der Waals surface area contributed by atoms with Crippen molar-refractivity contribution in [1.29, 1.82) is 0 Å². The summed E-state index contributed by atoms with van der Waals surface area (Å²) in [6.45, 7) is 7.19. The van der Waals surface area contributed by atoms with Gasteiger partial charge in [-0.3, -0.25) is 4.79 Å². The summed E-state index contributed by atoms with van der Waals surface area (Å²) in [4.78, 5) is 12.5. The lowest BCUT2D eigenvalue weighted by Gasteiger charge is -2.36. The summed E-state index contributed by atoms with van der Waals surface area (Å²) in [5, 5.41) is 3.12. The van der Waals surface area contributed by atoms with E-state index in [4.69, 9.17) is 14.9 Å². The normalized spacial score (nSPS) is 31.0. The first-order valence-electron chi connectivity index (χ1n) is 7.56. The molecule has 1 aliphatic heterocycles. The summed E-state index contributed by atoms with van der Waals surface area (Å²) in [7, 11) is 0. The summed E-state index contributed by atoms with van der Waals surface area (Å²) < 4.78 is 11.1. The Labute approximate surface area is 125 Å². The van der Waals surface area contributed by atoms with Crippen LogP contribution in [0.3, 0.4) is 0 Å². The van der Waals surface area contributed by atoms with Crippen LogP contribution in [0.15, 0.2) is 10.5 Å². The maximum Gasteiger partial charge on any atom is 0.243 e. The summed E-state index contributed by atoms with van der Waals surface area (Å²) >= 11 is 0. The van der Waals surface area contributed by atoms with Gasteiger partial charge in [0, 0.05) is 18.6 Å². The Kier molecular flexibility index (Phi) is 3.37. The highest BCUT2D eigenvalue weighted by molar-refractivity contribution is 5.87. The Morgan fingerprint density at radius 2 is 2.24 bits per heavy atom. The highest BCUT2D eigenvalue weighted by Gasteiger charge is 2.42. The van der Waals surface area contributed by atoms with Gasteiger partial charge >= 0.3 is 0 Å². The largest absolute Gasteiger partial charge is 0.466 e. The molecule has 1 aromatic rings. The molecule has 1 aliphatic carbocycles. The highest BCUT2D eigenvalue weighted by atomic mass is 16.5. The first-order chi connectivity index (χ1) is 9.79. The van der Waals surface area contributed by atoms with E-state index in [2.05, 4.69) is 19.2 Å². The molecule has 2 atom stereocenters. The molecule has 1 fully saturated rings. The molecule has 3 N–H and O–H groups in total. The molecule has 2 heterocycles. The van der Waals surface area contributed by atoms with Crippen LogP contribution < -0.4 is 11.1 Å². The van der Waals surface area contributed by atoms with Crippen molar-refractivity contribution < 1.29 is 13.9 Å². The van der Waals surface area contributed by atoms with Crippen molar-refractivity contribution in [1.82, 2.24) is 5.32 Å². The lowest BCUT2D eigenvalue weighted by Crippen LogP contribution is -2.55. The standard InChI is InChI=1S/C16H24N2O3/c1-10-6-11-12(7-15(2,3)8-13(11)21-10)18-14(19)16(17)4-5-20-9-16/h6,12H,4-5,7-9,17H2,1-3H3,(H,18,19). The van der Waals surface area contributed by atoms with Crippen molar-refractivity contribution in [3.63, 3.8) is 0 Å². The maximum absolute atomic E-state index is 12.5. The summed E-state index contributed by atoms with van der Waals surface area (Å²) in [6.07, 6.45) is 2.37. The van der Waals surface area contributed by atoms with E-state index in [1.807, 2.05) is 13.0 Å². The Morgan fingerprint density at radius 1 is 1.48 bits per heavy atom. The van der Waals surface area contributed by atoms with Gasteiger partial charge in [-0.15, -0.1) is 0 Å². The van der Waals surface area contributed by atoms with E-state index in [-0.39, 0.29) is 17.4 Å². The van der Waals surface area contributed by atoms with Crippen LogP contribution >= 0.6 is 0 Å². The van der Waals surface area contributed by atoms with E-state index in [1.54, 1.807) is 0 Å². The molecule has 21 heavy (non-hydrogen) atoms. The smallest absolute Gasteiger partial charge is 0.243 e. The monoisotopic (exact) mass is 292 g/mol. The van der Waals surface area contributed by atoms with Gasteiger partial charge in [-0.05, 0) is 31.2 Å². The van der Waals surface area contributed by atoms with Crippen LogP contribution in [0.4, 0.5) is 0 Å². The fraction of sp³-hybridized carbons (Fsp3) is 0.688. The average molecular weight is 292 g/mol. The molecule has 5 nitrogen and oxygen atoms in total. The van der Waals surface area contributed by atoms with Gasteiger partial charge in [-0.1, -0.05) is 13.8 Å². The molecule has 3 rings (SSSR count). The molecule has 1 amide bonds. The number of nitrogens with one attached hydrogen (secondary N) is 1. The fourth-order valence-electron chi connectivity index (χ4n) is 3.38. The lowest BCUT2D eigenvalue weighted by molar-refractivity contribution is -0.127. The lowest BCUT2D eigenvalue weighted by atomic mass is 9.74. The Morgan fingerprint density at radius 3 is 2.90 bits per heavy atom. The second-order valence-corrected chi connectivity index (χ2v) is 7.27. The highest BCUT2D eigenvalue weighted by Crippen LogP contribution is 2.42. The molecule has 0 aromatic carbocycles. The third-order valence-corrected chi connectivity index (χ3v) is 4.55. The zero-order chi connectivity index (χ0) is 15.3. The topological polar surface area (TPSA) is 77.5 Å². The van der Waals surface area contributed by atoms with Gasteiger partial charge in [0.25, 0.3) is 0 Å². The van der Waals surface area contributed by atoms with Crippen LogP contribution in [0.25, 0.3) is 0 Å². The van der Waals surface area contributed by atoms with Crippen LogP contribution in [0.5, 0.6) is 0 Å². The second-order valence-electron chi connectivity index (χ2n) is 7.27. The number of nitrogens with two attached hydrogens (primary N) is 1. The Hall–Kier alpha value is -1.33. The molecule has 0 radical (unpaired) electrons. The average Bonchev–Trinajstić information content (AvgIpc) is 2.94. The zero-order valence-electron chi connectivity index (χ0n) is 13.0. The Balaban J connectivity index is 1.83. The summed E-state index contributed by atoms with van der Waals surface area (Å²) in [5.74, 6) is 1.76. The number of furan rings is 1. The zero-order valence-corrected chi connectivity index (χ0v) is 13.0. The van der Waals surface area contributed by atoms with Gasteiger partial charge in [-0.25, -0.2) is 0 Å². The minimum absolute atomic E-state index is 0.0327. The van der Waals surface area contributed by atoms with Gasteiger partial charge in [0.1, 0.15) is 17.1 Å². The molecule has 5 heteroatoms. The van der Waals surface area contributed by atoms with E-state index >= 15 is 0 Å². The molecular weight excluding hydrogens is 268 g/mol. The van der Waals surface area contributed by atoms with Gasteiger partial charge in [0.2, 0.25) is 5.91 Å². The SMILES string of the molecule is Cc1cc2c(o1)CC(C)(C)CC2NC(=O)C1(N)CCOC1. The molecule has 0 spiro atoms. The van der Waals surface area contributed by atoms with E-state index in [9.17, 15) is 4.79 Å². The van der Waals surface area contributed by atoms with E-state index in [1.165, 1.54) is 0 Å². The molecular formula is C16H24N2O3. The molecule has 2 unspecified atom stereocenters. The number of carbonyl (C=O) groups is 1. The van der Waals surface area contributed by atoms with Crippen molar-refractivity contribution in [2.75, 3.05) is 13.2 Å². The molecule has 1 aromatic heterocycles. The molecule has 0 bridgehead atoms. The van der Waals surface area contributed by atoms with E-state index in [0.29, 0.717) is 19.6 Å². The van der Waals surface area contributed by atoms with Crippen molar-refractivity contribution in [3.8, 4) is 0 Å². The van der Waals surface area contributed by atoms with Crippen molar-refractivity contribution in [3.05, 3.63) is 23.2 Å². The number of carbonyl (C=O) groups excluding carboxylic acids is 1. The van der Waals surface area contributed by atoms with Gasteiger partial charge in [0.05, 0.1) is 12.6 Å². The minimum atomic E-state index is -0.888. The van der Waals surface area contributed by atoms with Gasteiger partial charge in [-0.2, -0.15) is 0 Å². The summed E-state index contributed by atoms with van der Waals surface area (Å²) in [5.41, 5.74) is 6.46. The van der Waals surface area contributed by atoms with Gasteiger partial charge in [0.15, 0.2) is 0 Å². The van der Waals surface area contributed by atoms with Crippen LogP contribution in [0.2, 0.25) is 0 Å². The van der Waals surface area contributed by atoms with Crippen molar-refractivity contribution in [2.45, 2.75) is 51.6 Å². The van der Waals surface area contributed by atoms with Crippen LogP contribution in [0, 0.1) is 12.3 Å². The number of hydrogen-bond acceptors (Lipinski definition) is 4. The van der Waals surface area contributed by atoms with Crippen LogP contribution in [0.1, 0.15) is 49.8 Å². The Bertz CT molecular complexity index is 556. The number of ether oxygens (including phenoxy) is 1. The van der Waals surface area contributed by atoms with Crippen LogP contribution in [-0.2, 0) is 16.0 Å². The molecule has 1 saturated heterocycles. The fourth-order valence-corrected chi connectivity index (χ4v) is 3.38. The third kappa shape index (κ3) is 2.72. The number of fused-ring (bicyclic) bond motifs is 1. The number of rotatable bonds is 2. The molecule has 0 saturated carbocycles. The molecule has 116 valence electrons. The van der Waals surface area contributed by atoms with Crippen molar-refractivity contribution in [2.24, 2.45) is 11.1 Å². The van der Waals surface area contributed by atoms with E-state index in [0.717, 1.165) is 29.9 Å². The first kappa shape index (κ1) is 14.6. The first-order valence-corrected chi connectivity index (χ1v) is 7.56. The second kappa shape index (κ2) is 4.85. The predicted octanol–water partition coefficient (Wildman–Crippen LogP) is 1.84. The third-order valence-electron chi connectivity index (χ3n) is 4.55.